The third-order valence-corrected chi connectivity index (χ3v) is 3.50. The molecule has 0 atom stereocenters. The number of H-pyrrole nitrogens is 1. The molecule has 88 valence electrons. The second kappa shape index (κ2) is 4.68. The van der Waals surface area contributed by atoms with Crippen LogP contribution < -0.4 is 11.2 Å². The van der Waals surface area contributed by atoms with Crippen LogP contribution in [-0.4, -0.2) is 9.55 Å². The average Bonchev–Trinajstić information content (AvgIpc) is 2.75. The van der Waals surface area contributed by atoms with E-state index in [2.05, 4.69) is 4.98 Å². The van der Waals surface area contributed by atoms with E-state index in [-0.39, 0.29) is 11.2 Å². The Morgan fingerprint density at radius 1 is 1.38 bits per heavy atom. The summed E-state index contributed by atoms with van der Waals surface area (Å²) in [5.41, 5.74) is 0.249. The van der Waals surface area contributed by atoms with Crippen molar-refractivity contribution in [3.05, 3.63) is 32.6 Å². The molecule has 16 heavy (non-hydrogen) atoms. The molecule has 0 aromatic carbocycles. The Kier molecular flexibility index (Phi) is 3.27. The minimum Gasteiger partial charge on any atom is -0.311 e. The maximum atomic E-state index is 11.4. The smallest absolute Gasteiger partial charge is 0.311 e. The van der Waals surface area contributed by atoms with Crippen molar-refractivity contribution in [2.24, 2.45) is 13.0 Å². The summed E-state index contributed by atoms with van der Waals surface area (Å²) in [5.74, 6) is 0.785. The predicted octanol–water partition coefficient (Wildman–Crippen LogP) is 1.20. The van der Waals surface area contributed by atoms with Crippen LogP contribution in [0.3, 0.4) is 0 Å². The molecule has 4 heteroatoms. The summed E-state index contributed by atoms with van der Waals surface area (Å²) in [6, 6.07) is 1.54. The lowest BCUT2D eigenvalue weighted by Crippen LogP contribution is -2.33. The summed E-state index contributed by atoms with van der Waals surface area (Å²) in [4.78, 5) is 25.5. The van der Waals surface area contributed by atoms with Crippen LogP contribution in [-0.2, 0) is 13.5 Å². The molecule has 1 aromatic rings. The number of aryl methyl sites for hydroxylation is 1. The Labute approximate surface area is 94.3 Å². The summed E-state index contributed by atoms with van der Waals surface area (Å²) in [7, 11) is 1.49. The van der Waals surface area contributed by atoms with Gasteiger partial charge >= 0.3 is 5.69 Å². The first-order valence-corrected chi connectivity index (χ1v) is 5.96. The van der Waals surface area contributed by atoms with Crippen molar-refractivity contribution in [1.82, 2.24) is 9.55 Å². The normalized spacial score (nSPS) is 16.8. The highest BCUT2D eigenvalue weighted by molar-refractivity contribution is 5.00. The van der Waals surface area contributed by atoms with Gasteiger partial charge in [0.1, 0.15) is 0 Å². The van der Waals surface area contributed by atoms with Crippen LogP contribution in [0.1, 0.15) is 37.8 Å². The Morgan fingerprint density at radius 3 is 2.69 bits per heavy atom. The van der Waals surface area contributed by atoms with Crippen LogP contribution in [0, 0.1) is 5.92 Å². The molecule has 0 bridgehead atoms. The quantitative estimate of drug-likeness (QED) is 0.835. The molecule has 0 amide bonds. The van der Waals surface area contributed by atoms with Gasteiger partial charge < -0.3 is 4.98 Å². The topological polar surface area (TPSA) is 54.9 Å². The largest absolute Gasteiger partial charge is 0.328 e. The Balaban J connectivity index is 2.04. The Bertz CT molecular complexity index is 435. The summed E-state index contributed by atoms with van der Waals surface area (Å²) in [6.45, 7) is 0. The molecule has 1 N–H and O–H groups in total. The fraction of sp³-hybridized carbons (Fsp3) is 0.667. The number of rotatable bonds is 3. The van der Waals surface area contributed by atoms with E-state index >= 15 is 0 Å². The van der Waals surface area contributed by atoms with E-state index in [9.17, 15) is 9.59 Å². The van der Waals surface area contributed by atoms with Crippen molar-refractivity contribution >= 4 is 0 Å². The highest BCUT2D eigenvalue weighted by Crippen LogP contribution is 2.28. The molecule has 4 nitrogen and oxygen atoms in total. The first kappa shape index (κ1) is 11.2. The summed E-state index contributed by atoms with van der Waals surface area (Å²) >= 11 is 0. The molecule has 1 fully saturated rings. The van der Waals surface area contributed by atoms with Gasteiger partial charge in [0.25, 0.3) is 5.56 Å². The van der Waals surface area contributed by atoms with Gasteiger partial charge in [0.2, 0.25) is 0 Å². The van der Waals surface area contributed by atoms with E-state index < -0.39 is 0 Å². The summed E-state index contributed by atoms with van der Waals surface area (Å²) in [6.07, 6.45) is 7.17. The number of hydrogen-bond donors (Lipinski definition) is 1. The van der Waals surface area contributed by atoms with E-state index in [0.29, 0.717) is 0 Å². The first-order valence-electron chi connectivity index (χ1n) is 5.96. The average molecular weight is 222 g/mol. The molecule has 0 unspecified atom stereocenters. The van der Waals surface area contributed by atoms with Crippen LogP contribution in [0.2, 0.25) is 0 Å². The molecule has 2 rings (SSSR count). The maximum Gasteiger partial charge on any atom is 0.328 e. The zero-order valence-corrected chi connectivity index (χ0v) is 9.66. The lowest BCUT2D eigenvalue weighted by Gasteiger charge is -2.08. The van der Waals surface area contributed by atoms with Crippen LogP contribution in [0.4, 0.5) is 0 Å². The third-order valence-electron chi connectivity index (χ3n) is 3.50. The standard InChI is InChI=1S/C12H18N2O2/c1-14-11(15)8-10(13-12(14)16)7-6-9-4-2-3-5-9/h8-9H,2-7H2,1H3,(H,13,16). The number of nitrogens with one attached hydrogen (secondary N) is 1. The van der Waals surface area contributed by atoms with Gasteiger partial charge in [-0.2, -0.15) is 0 Å². The van der Waals surface area contributed by atoms with E-state index in [1.807, 2.05) is 0 Å². The molecule has 0 aliphatic heterocycles. The Hall–Kier alpha value is -1.32. The Morgan fingerprint density at radius 2 is 2.06 bits per heavy atom. The van der Waals surface area contributed by atoms with E-state index in [1.165, 1.54) is 38.8 Å². The van der Waals surface area contributed by atoms with Crippen LogP contribution >= 0.6 is 0 Å². The van der Waals surface area contributed by atoms with Gasteiger partial charge in [-0.25, -0.2) is 4.79 Å². The molecule has 1 saturated carbocycles. The summed E-state index contributed by atoms with van der Waals surface area (Å²) < 4.78 is 1.10. The minimum atomic E-state index is -0.311. The first-order chi connectivity index (χ1) is 7.66. The summed E-state index contributed by atoms with van der Waals surface area (Å²) in [5, 5.41) is 0. The predicted molar refractivity (Wildman–Crippen MR) is 62.6 cm³/mol. The minimum absolute atomic E-state index is 0.217. The van der Waals surface area contributed by atoms with E-state index in [1.54, 1.807) is 0 Å². The van der Waals surface area contributed by atoms with Crippen molar-refractivity contribution in [2.75, 3.05) is 0 Å². The lowest BCUT2D eigenvalue weighted by atomic mass is 10.0. The van der Waals surface area contributed by atoms with Crippen LogP contribution in [0.25, 0.3) is 0 Å². The monoisotopic (exact) mass is 222 g/mol. The second-order valence-electron chi connectivity index (χ2n) is 4.69. The lowest BCUT2D eigenvalue weighted by molar-refractivity contribution is 0.499. The number of aromatic nitrogens is 2. The fourth-order valence-electron chi connectivity index (χ4n) is 2.40. The molecule has 1 aromatic heterocycles. The zero-order chi connectivity index (χ0) is 11.5. The van der Waals surface area contributed by atoms with Crippen LogP contribution in [0.5, 0.6) is 0 Å². The van der Waals surface area contributed by atoms with Gasteiger partial charge in [-0.3, -0.25) is 9.36 Å². The van der Waals surface area contributed by atoms with Crippen molar-refractivity contribution in [2.45, 2.75) is 38.5 Å². The molecule has 0 saturated heterocycles. The number of aromatic amines is 1. The molecule has 0 radical (unpaired) electrons. The van der Waals surface area contributed by atoms with Crippen LogP contribution in [0.15, 0.2) is 15.7 Å². The molecule has 1 aliphatic rings. The highest BCUT2D eigenvalue weighted by atomic mass is 16.2. The number of hydrogen-bond acceptors (Lipinski definition) is 2. The second-order valence-corrected chi connectivity index (χ2v) is 4.69. The fourth-order valence-corrected chi connectivity index (χ4v) is 2.40. The van der Waals surface area contributed by atoms with Gasteiger partial charge in [-0.1, -0.05) is 25.7 Å². The maximum absolute atomic E-state index is 11.4. The molecular formula is C12H18N2O2. The van der Waals surface area contributed by atoms with Gasteiger partial charge in [0.15, 0.2) is 0 Å². The van der Waals surface area contributed by atoms with Gasteiger partial charge in [0.05, 0.1) is 0 Å². The molecule has 0 spiro atoms. The molecule has 1 heterocycles. The van der Waals surface area contributed by atoms with Crippen molar-refractivity contribution in [1.29, 1.82) is 0 Å². The SMILES string of the molecule is Cn1c(=O)cc(CCC2CCCC2)[nH]c1=O. The molecular weight excluding hydrogens is 204 g/mol. The van der Waals surface area contributed by atoms with Gasteiger partial charge in [-0.15, -0.1) is 0 Å². The van der Waals surface area contributed by atoms with Gasteiger partial charge in [0, 0.05) is 18.8 Å². The van der Waals surface area contributed by atoms with Crippen molar-refractivity contribution in [3.8, 4) is 0 Å². The third kappa shape index (κ3) is 2.43. The zero-order valence-electron chi connectivity index (χ0n) is 9.66. The van der Waals surface area contributed by atoms with E-state index in [4.69, 9.17) is 0 Å². The van der Waals surface area contributed by atoms with Gasteiger partial charge in [-0.05, 0) is 18.8 Å². The van der Waals surface area contributed by atoms with E-state index in [0.717, 1.165) is 29.0 Å². The van der Waals surface area contributed by atoms with Crippen molar-refractivity contribution < 1.29 is 0 Å². The highest BCUT2D eigenvalue weighted by Gasteiger charge is 2.14. The molecule has 1 aliphatic carbocycles. The van der Waals surface area contributed by atoms with Crippen molar-refractivity contribution in [3.63, 3.8) is 0 Å². The number of nitrogens with zero attached hydrogens (tertiary/aromatic N) is 1.